The molecule has 0 bridgehead atoms. The predicted molar refractivity (Wildman–Crippen MR) is 112 cm³/mol. The Morgan fingerprint density at radius 2 is 1.90 bits per heavy atom. The molecule has 1 aromatic carbocycles. The molecular formula is C21H22N6O3. The standard InChI is InChI=1S/C21H22N6O3/c1-13-9-18(25-26(13)2)20(29)27(12-15-11-23-21(30)24-19(15)28)8-7-14-10-22-17-6-4-3-5-16(14)17/h3-6,9-11,22H,7-8,12H2,1-2H3,(H2,23,24,28,30). The zero-order chi connectivity index (χ0) is 21.3. The van der Waals surface area contributed by atoms with Crippen molar-refractivity contribution in [2.24, 2.45) is 7.05 Å². The van der Waals surface area contributed by atoms with Gasteiger partial charge in [0.1, 0.15) is 0 Å². The van der Waals surface area contributed by atoms with Gasteiger partial charge in [-0.15, -0.1) is 0 Å². The molecule has 30 heavy (non-hydrogen) atoms. The van der Waals surface area contributed by atoms with Gasteiger partial charge in [-0.1, -0.05) is 18.2 Å². The molecule has 9 heteroatoms. The van der Waals surface area contributed by atoms with Crippen LogP contribution in [0.3, 0.4) is 0 Å². The van der Waals surface area contributed by atoms with Gasteiger partial charge in [0.2, 0.25) is 0 Å². The fourth-order valence-corrected chi connectivity index (χ4v) is 3.43. The lowest BCUT2D eigenvalue weighted by Gasteiger charge is -2.21. The van der Waals surface area contributed by atoms with Crippen LogP contribution >= 0.6 is 0 Å². The molecule has 3 aromatic heterocycles. The quantitative estimate of drug-likeness (QED) is 0.449. The van der Waals surface area contributed by atoms with Crippen LogP contribution in [0, 0.1) is 6.92 Å². The smallest absolute Gasteiger partial charge is 0.325 e. The average Bonchev–Trinajstić information content (AvgIpc) is 3.29. The van der Waals surface area contributed by atoms with Crippen LogP contribution in [0.5, 0.6) is 0 Å². The highest BCUT2D eigenvalue weighted by Crippen LogP contribution is 2.19. The van der Waals surface area contributed by atoms with E-state index in [-0.39, 0.29) is 12.5 Å². The Balaban J connectivity index is 1.62. The third-order valence-corrected chi connectivity index (χ3v) is 5.20. The molecule has 0 unspecified atom stereocenters. The van der Waals surface area contributed by atoms with E-state index in [2.05, 4.69) is 20.1 Å². The first-order valence-electron chi connectivity index (χ1n) is 9.58. The van der Waals surface area contributed by atoms with Gasteiger partial charge in [-0.25, -0.2) is 4.79 Å². The maximum atomic E-state index is 13.2. The number of carbonyl (C=O) groups excluding carboxylic acids is 1. The van der Waals surface area contributed by atoms with Gasteiger partial charge in [-0.3, -0.25) is 19.3 Å². The Kier molecular flexibility index (Phi) is 5.09. The predicted octanol–water partition coefficient (Wildman–Crippen LogP) is 1.47. The van der Waals surface area contributed by atoms with Crippen molar-refractivity contribution in [3.8, 4) is 0 Å². The summed E-state index contributed by atoms with van der Waals surface area (Å²) in [4.78, 5) is 46.1. The van der Waals surface area contributed by atoms with Crippen LogP contribution in [0.4, 0.5) is 0 Å². The van der Waals surface area contributed by atoms with Gasteiger partial charge < -0.3 is 14.9 Å². The van der Waals surface area contributed by atoms with Crippen molar-refractivity contribution < 1.29 is 4.79 Å². The van der Waals surface area contributed by atoms with E-state index in [1.54, 1.807) is 22.7 Å². The molecule has 0 fully saturated rings. The number of H-pyrrole nitrogens is 3. The molecular weight excluding hydrogens is 384 g/mol. The van der Waals surface area contributed by atoms with Crippen molar-refractivity contribution in [3.63, 3.8) is 0 Å². The third kappa shape index (κ3) is 3.82. The Hall–Kier alpha value is -3.88. The minimum Gasteiger partial charge on any atom is -0.361 e. The second kappa shape index (κ2) is 7.86. The lowest BCUT2D eigenvalue weighted by molar-refractivity contribution is 0.0737. The van der Waals surface area contributed by atoms with Crippen molar-refractivity contribution in [2.75, 3.05) is 6.54 Å². The van der Waals surface area contributed by atoms with Crippen molar-refractivity contribution in [2.45, 2.75) is 19.9 Å². The molecule has 4 aromatic rings. The van der Waals surface area contributed by atoms with Crippen LogP contribution < -0.4 is 11.2 Å². The molecule has 1 amide bonds. The molecule has 0 spiro atoms. The number of nitrogens with one attached hydrogen (secondary N) is 3. The van der Waals surface area contributed by atoms with E-state index in [1.165, 1.54) is 6.20 Å². The minimum absolute atomic E-state index is 0.0585. The molecule has 0 aliphatic rings. The Morgan fingerprint density at radius 1 is 1.13 bits per heavy atom. The SMILES string of the molecule is Cc1cc(C(=O)N(CCc2c[nH]c3ccccc23)Cc2c[nH]c(=O)[nH]c2=O)nn1C. The second-order valence-electron chi connectivity index (χ2n) is 7.23. The fraction of sp³-hybridized carbons (Fsp3) is 0.238. The number of amides is 1. The van der Waals surface area contributed by atoms with Crippen molar-refractivity contribution in [1.82, 2.24) is 29.6 Å². The molecule has 0 radical (unpaired) electrons. The molecule has 0 aliphatic carbocycles. The van der Waals surface area contributed by atoms with E-state index in [0.29, 0.717) is 24.2 Å². The van der Waals surface area contributed by atoms with E-state index < -0.39 is 11.2 Å². The summed E-state index contributed by atoms with van der Waals surface area (Å²) in [6.45, 7) is 2.31. The summed E-state index contributed by atoms with van der Waals surface area (Å²) in [5.74, 6) is -0.274. The average molecular weight is 406 g/mol. The summed E-state index contributed by atoms with van der Waals surface area (Å²) in [5, 5.41) is 5.38. The van der Waals surface area contributed by atoms with Gasteiger partial charge in [0.25, 0.3) is 11.5 Å². The number of rotatable bonds is 6. The van der Waals surface area contributed by atoms with E-state index in [1.807, 2.05) is 37.4 Å². The highest BCUT2D eigenvalue weighted by Gasteiger charge is 2.21. The van der Waals surface area contributed by atoms with E-state index in [0.717, 1.165) is 22.2 Å². The highest BCUT2D eigenvalue weighted by molar-refractivity contribution is 5.92. The lowest BCUT2D eigenvalue weighted by atomic mass is 10.1. The molecule has 3 heterocycles. The summed E-state index contributed by atoms with van der Waals surface area (Å²) < 4.78 is 1.64. The summed E-state index contributed by atoms with van der Waals surface area (Å²) in [7, 11) is 1.77. The molecule has 0 atom stereocenters. The Morgan fingerprint density at radius 3 is 2.63 bits per heavy atom. The molecule has 9 nitrogen and oxygen atoms in total. The van der Waals surface area contributed by atoms with Gasteiger partial charge in [0.05, 0.1) is 12.1 Å². The number of aryl methyl sites for hydroxylation is 2. The van der Waals surface area contributed by atoms with Crippen LogP contribution in [0.25, 0.3) is 10.9 Å². The molecule has 0 aliphatic heterocycles. The first kappa shape index (κ1) is 19.4. The lowest BCUT2D eigenvalue weighted by Crippen LogP contribution is -2.36. The molecule has 4 rings (SSSR count). The number of aromatic amines is 3. The van der Waals surface area contributed by atoms with Crippen LogP contribution in [0.1, 0.15) is 27.3 Å². The monoisotopic (exact) mass is 406 g/mol. The van der Waals surface area contributed by atoms with Crippen molar-refractivity contribution >= 4 is 16.8 Å². The van der Waals surface area contributed by atoms with Gasteiger partial charge in [-0.05, 0) is 31.0 Å². The minimum atomic E-state index is -0.583. The van der Waals surface area contributed by atoms with Gasteiger partial charge in [0.15, 0.2) is 5.69 Å². The van der Waals surface area contributed by atoms with Gasteiger partial charge >= 0.3 is 5.69 Å². The van der Waals surface area contributed by atoms with Crippen LogP contribution in [-0.2, 0) is 20.0 Å². The number of para-hydroxylation sites is 1. The van der Waals surface area contributed by atoms with E-state index in [9.17, 15) is 14.4 Å². The third-order valence-electron chi connectivity index (χ3n) is 5.20. The topological polar surface area (TPSA) is 120 Å². The second-order valence-corrected chi connectivity index (χ2v) is 7.23. The molecule has 154 valence electrons. The number of aromatic nitrogens is 5. The zero-order valence-corrected chi connectivity index (χ0v) is 16.7. The number of hydrogen-bond donors (Lipinski definition) is 3. The first-order chi connectivity index (χ1) is 14.4. The summed E-state index contributed by atoms with van der Waals surface area (Å²) in [5.41, 5.74) is 2.49. The number of nitrogens with zero attached hydrogens (tertiary/aromatic N) is 3. The van der Waals surface area contributed by atoms with Gasteiger partial charge in [0, 0.05) is 42.6 Å². The highest BCUT2D eigenvalue weighted by atomic mass is 16.2. The fourth-order valence-electron chi connectivity index (χ4n) is 3.43. The number of carbonyl (C=O) groups is 1. The van der Waals surface area contributed by atoms with Gasteiger partial charge in [-0.2, -0.15) is 5.10 Å². The van der Waals surface area contributed by atoms with Crippen LogP contribution in [0.15, 0.2) is 52.3 Å². The molecule has 0 saturated carbocycles. The maximum Gasteiger partial charge on any atom is 0.325 e. The first-order valence-corrected chi connectivity index (χ1v) is 9.58. The zero-order valence-electron chi connectivity index (χ0n) is 16.7. The van der Waals surface area contributed by atoms with Crippen LogP contribution in [-0.4, -0.2) is 42.1 Å². The van der Waals surface area contributed by atoms with Crippen molar-refractivity contribution in [1.29, 1.82) is 0 Å². The summed E-state index contributed by atoms with van der Waals surface area (Å²) in [6, 6.07) is 9.68. The number of benzene rings is 1. The summed E-state index contributed by atoms with van der Waals surface area (Å²) >= 11 is 0. The van der Waals surface area contributed by atoms with E-state index in [4.69, 9.17) is 0 Å². The summed E-state index contributed by atoms with van der Waals surface area (Å²) in [6.07, 6.45) is 3.88. The normalized spacial score (nSPS) is 11.1. The van der Waals surface area contributed by atoms with E-state index >= 15 is 0 Å². The molecule has 0 saturated heterocycles. The maximum absolute atomic E-state index is 13.2. The molecule has 3 N–H and O–H groups in total. The Labute approximate surface area is 171 Å². The van der Waals surface area contributed by atoms with Crippen LogP contribution in [0.2, 0.25) is 0 Å². The van der Waals surface area contributed by atoms with Crippen molar-refractivity contribution in [3.05, 3.63) is 86.1 Å². The Bertz CT molecular complexity index is 1310. The number of hydrogen-bond acceptors (Lipinski definition) is 4. The number of fused-ring (bicyclic) bond motifs is 1. The largest absolute Gasteiger partial charge is 0.361 e.